The number of fused-ring (bicyclic) bond motifs is 2. The van der Waals surface area contributed by atoms with E-state index < -0.39 is 0 Å². The summed E-state index contributed by atoms with van der Waals surface area (Å²) in [5, 5.41) is 5.45. The number of pyridine rings is 1. The Hall–Kier alpha value is -5.04. The summed E-state index contributed by atoms with van der Waals surface area (Å²) in [6, 6.07) is 31.1. The summed E-state index contributed by atoms with van der Waals surface area (Å²) in [5.41, 5.74) is 8.06. The number of rotatable bonds is 7. The first-order valence-electron chi connectivity index (χ1n) is 13.8. The maximum atomic E-state index is 14.0. The normalized spacial score (nSPS) is 13.6. The molecular weight excluding hydrogens is 512 g/mol. The van der Waals surface area contributed by atoms with Gasteiger partial charge < -0.3 is 9.32 Å². The third-order valence-electron chi connectivity index (χ3n) is 7.36. The molecule has 0 spiro atoms. The number of benzene rings is 3. The lowest BCUT2D eigenvalue weighted by molar-refractivity contribution is 0.0694. The van der Waals surface area contributed by atoms with Crippen LogP contribution < -0.4 is 5.43 Å². The van der Waals surface area contributed by atoms with E-state index in [9.17, 15) is 9.59 Å². The highest BCUT2D eigenvalue weighted by Crippen LogP contribution is 2.31. The number of furan rings is 1. The van der Waals surface area contributed by atoms with Crippen LogP contribution in [0.1, 0.15) is 61.9 Å². The van der Waals surface area contributed by atoms with Gasteiger partial charge in [0.25, 0.3) is 11.8 Å². The predicted octanol–water partition coefficient (Wildman–Crippen LogP) is 6.45. The number of hydrazone groups is 1. The Morgan fingerprint density at radius 3 is 2.22 bits per heavy atom. The monoisotopic (exact) mass is 542 g/mol. The minimum atomic E-state index is -0.385. The van der Waals surface area contributed by atoms with Gasteiger partial charge in [0.2, 0.25) is 0 Å². The molecule has 7 heteroatoms. The molecule has 204 valence electrons. The molecular formula is C34H30N4O3. The zero-order valence-electron chi connectivity index (χ0n) is 22.8. The number of hydrogen-bond donors (Lipinski definition) is 1. The second-order valence-corrected chi connectivity index (χ2v) is 10.2. The maximum Gasteiger partial charge on any atom is 0.290 e. The van der Waals surface area contributed by atoms with Crippen molar-refractivity contribution in [2.75, 3.05) is 0 Å². The van der Waals surface area contributed by atoms with Crippen LogP contribution in [-0.4, -0.2) is 27.4 Å². The van der Waals surface area contributed by atoms with Gasteiger partial charge in [-0.1, -0.05) is 84.9 Å². The van der Waals surface area contributed by atoms with Crippen molar-refractivity contribution in [2.45, 2.75) is 39.3 Å². The summed E-state index contributed by atoms with van der Waals surface area (Å²) >= 11 is 0. The van der Waals surface area contributed by atoms with E-state index in [0.717, 1.165) is 45.3 Å². The third kappa shape index (κ3) is 5.65. The molecule has 0 saturated carbocycles. The van der Waals surface area contributed by atoms with Crippen LogP contribution in [0.15, 0.2) is 107 Å². The van der Waals surface area contributed by atoms with Gasteiger partial charge in [-0.25, -0.2) is 10.4 Å². The lowest BCUT2D eigenvalue weighted by Gasteiger charge is -2.22. The van der Waals surface area contributed by atoms with E-state index in [-0.39, 0.29) is 11.8 Å². The molecule has 0 atom stereocenters. The predicted molar refractivity (Wildman–Crippen MR) is 159 cm³/mol. The number of carbonyl (C=O) groups excluding carboxylic acids is 2. The summed E-state index contributed by atoms with van der Waals surface area (Å²) in [7, 11) is 0. The maximum absolute atomic E-state index is 14.0. The fourth-order valence-corrected chi connectivity index (χ4v) is 5.30. The fraction of sp³-hybridized carbons (Fsp3) is 0.176. The smallest absolute Gasteiger partial charge is 0.290 e. The van der Waals surface area contributed by atoms with Gasteiger partial charge in [0.05, 0.1) is 11.2 Å². The van der Waals surface area contributed by atoms with Gasteiger partial charge in [0, 0.05) is 36.0 Å². The Bertz CT molecular complexity index is 1700. The Morgan fingerprint density at radius 2 is 1.51 bits per heavy atom. The van der Waals surface area contributed by atoms with Crippen molar-refractivity contribution in [1.29, 1.82) is 0 Å². The second-order valence-electron chi connectivity index (χ2n) is 10.2. The van der Waals surface area contributed by atoms with Crippen molar-refractivity contribution in [2.24, 2.45) is 5.10 Å². The van der Waals surface area contributed by atoms with Crippen LogP contribution in [0.3, 0.4) is 0 Å². The van der Waals surface area contributed by atoms with Crippen LogP contribution in [0, 0.1) is 6.92 Å². The number of nitrogens with one attached hydrogen (secondary N) is 1. The van der Waals surface area contributed by atoms with Crippen molar-refractivity contribution in [1.82, 2.24) is 15.3 Å². The molecule has 5 aromatic rings. The first-order valence-corrected chi connectivity index (χ1v) is 13.8. The number of hydrogen-bond acceptors (Lipinski definition) is 5. The van der Waals surface area contributed by atoms with E-state index >= 15 is 0 Å². The van der Waals surface area contributed by atoms with Gasteiger partial charge in [-0.3, -0.25) is 9.59 Å². The van der Waals surface area contributed by atoms with Crippen LogP contribution in [-0.2, 0) is 19.5 Å². The molecule has 2 amide bonds. The Balaban J connectivity index is 1.27. The van der Waals surface area contributed by atoms with Crippen molar-refractivity contribution in [3.63, 3.8) is 0 Å². The average Bonchev–Trinajstić information content (AvgIpc) is 3.36. The molecule has 3 aromatic carbocycles. The summed E-state index contributed by atoms with van der Waals surface area (Å²) in [4.78, 5) is 33.2. The van der Waals surface area contributed by atoms with Gasteiger partial charge in [0.1, 0.15) is 11.5 Å². The molecule has 0 fully saturated rings. The SMILES string of the molecule is Cc1c(C(=O)N(Cc2ccccc2)Cc2ccccc2)oc2c1/C(=N/NC(=O)c1ccc3ccccc3n1)CCC2. The zero-order chi connectivity index (χ0) is 28.2. The van der Waals surface area contributed by atoms with Crippen LogP contribution in [0.25, 0.3) is 10.9 Å². The van der Waals surface area contributed by atoms with E-state index in [1.165, 1.54) is 0 Å². The zero-order valence-corrected chi connectivity index (χ0v) is 22.8. The number of para-hydroxylation sites is 1. The molecule has 0 bridgehead atoms. The average molecular weight is 543 g/mol. The third-order valence-corrected chi connectivity index (χ3v) is 7.36. The first-order chi connectivity index (χ1) is 20.1. The summed E-state index contributed by atoms with van der Waals surface area (Å²) in [5.74, 6) is 0.491. The second kappa shape index (κ2) is 11.6. The minimum Gasteiger partial charge on any atom is -0.455 e. The van der Waals surface area contributed by atoms with E-state index in [0.29, 0.717) is 43.1 Å². The van der Waals surface area contributed by atoms with Crippen molar-refractivity contribution >= 4 is 28.4 Å². The summed E-state index contributed by atoms with van der Waals surface area (Å²) < 4.78 is 6.23. The molecule has 1 aliphatic rings. The van der Waals surface area contributed by atoms with Crippen LogP contribution in [0.4, 0.5) is 0 Å². The van der Waals surface area contributed by atoms with E-state index in [4.69, 9.17) is 4.42 Å². The highest BCUT2D eigenvalue weighted by atomic mass is 16.4. The van der Waals surface area contributed by atoms with Crippen molar-refractivity contribution in [3.8, 4) is 0 Å². The van der Waals surface area contributed by atoms with Crippen molar-refractivity contribution < 1.29 is 14.0 Å². The van der Waals surface area contributed by atoms with Crippen molar-refractivity contribution in [3.05, 3.63) is 137 Å². The molecule has 41 heavy (non-hydrogen) atoms. The molecule has 1 aliphatic carbocycles. The minimum absolute atomic E-state index is 0.173. The van der Waals surface area contributed by atoms with Crippen LogP contribution in [0.2, 0.25) is 0 Å². The highest BCUT2D eigenvalue weighted by molar-refractivity contribution is 6.07. The number of amides is 2. The topological polar surface area (TPSA) is 87.8 Å². The molecule has 0 aliphatic heterocycles. The number of aryl methyl sites for hydroxylation is 1. The Kier molecular flexibility index (Phi) is 7.41. The van der Waals surface area contributed by atoms with Gasteiger partial charge >= 0.3 is 0 Å². The van der Waals surface area contributed by atoms with E-state index in [2.05, 4.69) is 15.5 Å². The Labute approximate surface area is 238 Å². The van der Waals surface area contributed by atoms with Crippen LogP contribution in [0.5, 0.6) is 0 Å². The van der Waals surface area contributed by atoms with Gasteiger partial charge in [0.15, 0.2) is 5.76 Å². The highest BCUT2D eigenvalue weighted by Gasteiger charge is 2.30. The summed E-state index contributed by atoms with van der Waals surface area (Å²) in [6.45, 7) is 2.80. The number of carbonyl (C=O) groups is 2. The quantitative estimate of drug-likeness (QED) is 0.240. The molecule has 0 radical (unpaired) electrons. The largest absolute Gasteiger partial charge is 0.455 e. The molecule has 2 aromatic heterocycles. The standard InChI is InChI=1S/C34H30N4O3/c1-23-31-28(36-37-33(39)29-20-19-26-15-8-9-16-27(26)35-29)17-10-18-30(31)41-32(23)34(40)38(21-24-11-4-2-5-12-24)22-25-13-6-3-7-14-25/h2-9,11-16,19-20H,10,17-18,21-22H2,1H3,(H,37,39)/b36-28+. The number of nitrogens with zero attached hydrogens (tertiary/aromatic N) is 3. The van der Waals surface area contributed by atoms with Gasteiger partial charge in [-0.2, -0.15) is 5.10 Å². The lowest BCUT2D eigenvalue weighted by Crippen LogP contribution is -2.30. The van der Waals surface area contributed by atoms with Gasteiger partial charge in [-0.15, -0.1) is 0 Å². The molecule has 7 nitrogen and oxygen atoms in total. The number of aromatic nitrogens is 1. The first kappa shape index (κ1) is 26.2. The van der Waals surface area contributed by atoms with Crippen LogP contribution >= 0.6 is 0 Å². The van der Waals surface area contributed by atoms with Gasteiger partial charge in [-0.05, 0) is 43.0 Å². The molecule has 0 saturated heterocycles. The summed E-state index contributed by atoms with van der Waals surface area (Å²) in [6.07, 6.45) is 2.19. The Morgan fingerprint density at radius 1 is 0.854 bits per heavy atom. The molecule has 1 N–H and O–H groups in total. The molecule has 0 unspecified atom stereocenters. The molecule has 6 rings (SSSR count). The molecule has 2 heterocycles. The van der Waals surface area contributed by atoms with E-state index in [1.54, 1.807) is 6.07 Å². The lowest BCUT2D eigenvalue weighted by atomic mass is 9.93. The van der Waals surface area contributed by atoms with E-state index in [1.807, 2.05) is 103 Å². The fourth-order valence-electron chi connectivity index (χ4n) is 5.30.